The van der Waals surface area contributed by atoms with Gasteiger partial charge in [-0.25, -0.2) is 0 Å². The lowest BCUT2D eigenvalue weighted by Gasteiger charge is -2.13. The van der Waals surface area contributed by atoms with Crippen molar-refractivity contribution in [1.29, 1.82) is 0 Å². The lowest BCUT2D eigenvalue weighted by Crippen LogP contribution is -2.30. The third kappa shape index (κ3) is 3.90. The Hall–Kier alpha value is -2.02. The number of aromatic nitrogens is 3. The zero-order chi connectivity index (χ0) is 17.1. The highest BCUT2D eigenvalue weighted by Crippen LogP contribution is 2.39. The first kappa shape index (κ1) is 16.8. The quantitative estimate of drug-likeness (QED) is 0.781. The van der Waals surface area contributed by atoms with E-state index in [1.54, 1.807) is 7.11 Å². The van der Waals surface area contributed by atoms with Gasteiger partial charge in [0.2, 0.25) is 5.91 Å². The van der Waals surface area contributed by atoms with Gasteiger partial charge >= 0.3 is 0 Å². The molecule has 1 aromatic carbocycles. The summed E-state index contributed by atoms with van der Waals surface area (Å²) < 4.78 is 7.28. The fourth-order valence-corrected chi connectivity index (χ4v) is 3.46. The van der Waals surface area contributed by atoms with Gasteiger partial charge in [0.05, 0.1) is 12.4 Å². The summed E-state index contributed by atoms with van der Waals surface area (Å²) in [4.78, 5) is 12.3. The monoisotopic (exact) mass is 346 g/mol. The van der Waals surface area contributed by atoms with Crippen molar-refractivity contribution in [1.82, 2.24) is 20.1 Å². The molecule has 0 bridgehead atoms. The van der Waals surface area contributed by atoms with Crippen LogP contribution >= 0.6 is 11.8 Å². The number of benzene rings is 1. The van der Waals surface area contributed by atoms with Crippen molar-refractivity contribution in [2.24, 2.45) is 0 Å². The van der Waals surface area contributed by atoms with Crippen LogP contribution in [0.2, 0.25) is 0 Å². The lowest BCUT2D eigenvalue weighted by molar-refractivity contribution is -0.120. The van der Waals surface area contributed by atoms with Crippen LogP contribution in [0.4, 0.5) is 0 Å². The lowest BCUT2D eigenvalue weighted by atomic mass is 10.2. The topological polar surface area (TPSA) is 69.0 Å². The molecule has 2 aromatic rings. The molecule has 0 saturated heterocycles. The van der Waals surface area contributed by atoms with Crippen LogP contribution in [-0.2, 0) is 11.3 Å². The van der Waals surface area contributed by atoms with Crippen molar-refractivity contribution in [3.05, 3.63) is 35.7 Å². The summed E-state index contributed by atoms with van der Waals surface area (Å²) in [5.41, 5.74) is 1.04. The fraction of sp³-hybridized carbons (Fsp3) is 0.471. The van der Waals surface area contributed by atoms with Gasteiger partial charge in [-0.05, 0) is 44.4 Å². The maximum Gasteiger partial charge on any atom is 0.233 e. The molecule has 128 valence electrons. The Kier molecular flexibility index (Phi) is 5.08. The Labute approximate surface area is 146 Å². The van der Waals surface area contributed by atoms with E-state index in [0.717, 1.165) is 22.3 Å². The SMILES string of the molecule is COc1ccc(CNC(=O)[C@H](C)Sc2nnc(C)n2C2CC2)cc1. The van der Waals surface area contributed by atoms with Crippen LogP contribution in [0.5, 0.6) is 5.75 Å². The summed E-state index contributed by atoms with van der Waals surface area (Å²) in [6, 6.07) is 8.19. The molecule has 24 heavy (non-hydrogen) atoms. The van der Waals surface area contributed by atoms with Crippen molar-refractivity contribution in [2.75, 3.05) is 7.11 Å². The number of carbonyl (C=O) groups excluding carboxylic acids is 1. The number of carbonyl (C=O) groups is 1. The first-order valence-electron chi connectivity index (χ1n) is 8.07. The molecule has 6 nitrogen and oxygen atoms in total. The second-order valence-electron chi connectivity index (χ2n) is 5.96. The van der Waals surface area contributed by atoms with Crippen LogP contribution in [-0.4, -0.2) is 33.0 Å². The third-order valence-corrected chi connectivity index (χ3v) is 5.08. The molecule has 0 radical (unpaired) electrons. The maximum absolute atomic E-state index is 12.3. The molecule has 1 heterocycles. The van der Waals surface area contributed by atoms with Gasteiger partial charge in [0.25, 0.3) is 0 Å². The first-order valence-corrected chi connectivity index (χ1v) is 8.95. The second kappa shape index (κ2) is 7.25. The molecule has 0 spiro atoms. The molecule has 1 fully saturated rings. The molecule has 1 aliphatic rings. The second-order valence-corrected chi connectivity index (χ2v) is 7.26. The van der Waals surface area contributed by atoms with Crippen LogP contribution in [0.15, 0.2) is 29.4 Å². The normalized spacial score (nSPS) is 15.1. The van der Waals surface area contributed by atoms with Crippen molar-refractivity contribution in [3.8, 4) is 5.75 Å². The van der Waals surface area contributed by atoms with E-state index in [4.69, 9.17) is 4.74 Å². The van der Waals surface area contributed by atoms with Gasteiger partial charge in [-0.15, -0.1) is 10.2 Å². The predicted molar refractivity (Wildman–Crippen MR) is 93.2 cm³/mol. The minimum absolute atomic E-state index is 0.00109. The zero-order valence-electron chi connectivity index (χ0n) is 14.2. The number of rotatable bonds is 7. The third-order valence-electron chi connectivity index (χ3n) is 4.02. The zero-order valence-corrected chi connectivity index (χ0v) is 15.0. The molecule has 0 unspecified atom stereocenters. The smallest absolute Gasteiger partial charge is 0.233 e. The van der Waals surface area contributed by atoms with Crippen LogP contribution in [0.3, 0.4) is 0 Å². The number of aryl methyl sites for hydroxylation is 1. The highest BCUT2D eigenvalue weighted by molar-refractivity contribution is 8.00. The number of ether oxygens (including phenoxy) is 1. The van der Waals surface area contributed by atoms with Crippen LogP contribution < -0.4 is 10.1 Å². The molecule has 1 saturated carbocycles. The molecule has 1 amide bonds. The number of methoxy groups -OCH3 is 1. The molecule has 1 aliphatic carbocycles. The van der Waals surface area contributed by atoms with Gasteiger partial charge < -0.3 is 14.6 Å². The predicted octanol–water partition coefficient (Wildman–Crippen LogP) is 2.73. The van der Waals surface area contributed by atoms with Gasteiger partial charge in [0.1, 0.15) is 11.6 Å². The standard InChI is InChI=1S/C17H22N4O2S/c1-11(24-17-20-19-12(2)21(17)14-6-7-14)16(22)18-10-13-4-8-15(23-3)9-5-13/h4-5,8-9,11,14H,6-7,10H2,1-3H3,(H,18,22)/t11-/m0/s1. The van der Waals surface area contributed by atoms with Gasteiger partial charge in [0, 0.05) is 12.6 Å². The van der Waals surface area contributed by atoms with Gasteiger partial charge in [-0.2, -0.15) is 0 Å². The largest absolute Gasteiger partial charge is 0.497 e. The molecular formula is C17H22N4O2S. The van der Waals surface area contributed by atoms with E-state index in [-0.39, 0.29) is 11.2 Å². The van der Waals surface area contributed by atoms with Gasteiger partial charge in [0.15, 0.2) is 5.16 Å². The van der Waals surface area contributed by atoms with E-state index in [1.807, 2.05) is 38.1 Å². The highest BCUT2D eigenvalue weighted by atomic mass is 32.2. The Morgan fingerprint density at radius 3 is 2.71 bits per heavy atom. The number of nitrogens with zero attached hydrogens (tertiary/aromatic N) is 3. The molecule has 3 rings (SSSR count). The van der Waals surface area contributed by atoms with E-state index in [9.17, 15) is 4.79 Å². The molecule has 1 aromatic heterocycles. The molecular weight excluding hydrogens is 324 g/mol. The molecule has 1 N–H and O–H groups in total. The molecule has 0 aliphatic heterocycles. The average molecular weight is 346 g/mol. The Morgan fingerprint density at radius 1 is 1.38 bits per heavy atom. The fourth-order valence-electron chi connectivity index (χ4n) is 2.47. The first-order chi connectivity index (χ1) is 11.6. The average Bonchev–Trinajstić information content (AvgIpc) is 3.37. The minimum atomic E-state index is -0.218. The summed E-state index contributed by atoms with van der Waals surface area (Å²) in [6.45, 7) is 4.36. The Bertz CT molecular complexity index is 710. The van der Waals surface area contributed by atoms with Gasteiger partial charge in [-0.3, -0.25) is 4.79 Å². The Balaban J connectivity index is 1.54. The van der Waals surface area contributed by atoms with Crippen LogP contribution in [0.1, 0.15) is 37.2 Å². The van der Waals surface area contributed by atoms with E-state index in [1.165, 1.54) is 24.6 Å². The Morgan fingerprint density at radius 2 is 2.08 bits per heavy atom. The summed E-state index contributed by atoms with van der Waals surface area (Å²) >= 11 is 1.47. The summed E-state index contributed by atoms with van der Waals surface area (Å²) in [5.74, 6) is 1.73. The van der Waals surface area contributed by atoms with E-state index in [2.05, 4.69) is 20.1 Å². The molecule has 1 atom stereocenters. The number of nitrogens with one attached hydrogen (secondary N) is 1. The van der Waals surface area contributed by atoms with Crippen molar-refractivity contribution >= 4 is 17.7 Å². The summed E-state index contributed by atoms with van der Waals surface area (Å²) in [5, 5.41) is 12.0. The van der Waals surface area contributed by atoms with E-state index >= 15 is 0 Å². The number of amides is 1. The summed E-state index contributed by atoms with van der Waals surface area (Å²) in [7, 11) is 1.64. The number of hydrogen-bond donors (Lipinski definition) is 1. The van der Waals surface area contributed by atoms with Gasteiger partial charge in [-0.1, -0.05) is 23.9 Å². The minimum Gasteiger partial charge on any atom is -0.497 e. The number of thioether (sulfide) groups is 1. The van der Waals surface area contributed by atoms with E-state index < -0.39 is 0 Å². The van der Waals surface area contributed by atoms with Crippen molar-refractivity contribution < 1.29 is 9.53 Å². The number of hydrogen-bond acceptors (Lipinski definition) is 5. The molecule has 7 heteroatoms. The summed E-state index contributed by atoms with van der Waals surface area (Å²) in [6.07, 6.45) is 2.34. The van der Waals surface area contributed by atoms with Crippen molar-refractivity contribution in [2.45, 2.75) is 49.7 Å². The van der Waals surface area contributed by atoms with Crippen LogP contribution in [0.25, 0.3) is 0 Å². The van der Waals surface area contributed by atoms with Crippen LogP contribution in [0, 0.1) is 6.92 Å². The maximum atomic E-state index is 12.3. The highest BCUT2D eigenvalue weighted by Gasteiger charge is 2.29. The van der Waals surface area contributed by atoms with E-state index in [0.29, 0.717) is 12.6 Å². The van der Waals surface area contributed by atoms with Crippen molar-refractivity contribution in [3.63, 3.8) is 0 Å².